The van der Waals surface area contributed by atoms with Gasteiger partial charge in [-0.3, -0.25) is 14.5 Å². The van der Waals surface area contributed by atoms with E-state index in [4.69, 9.17) is 0 Å². The van der Waals surface area contributed by atoms with Gasteiger partial charge in [-0.25, -0.2) is 13.9 Å². The second-order valence-electron chi connectivity index (χ2n) is 8.10. The van der Waals surface area contributed by atoms with Gasteiger partial charge in [-0.15, -0.1) is 0 Å². The van der Waals surface area contributed by atoms with Gasteiger partial charge in [0.15, 0.2) is 0 Å². The molecule has 1 saturated heterocycles. The fourth-order valence-electron chi connectivity index (χ4n) is 3.82. The molecule has 1 fully saturated rings. The Morgan fingerprint density at radius 1 is 1.11 bits per heavy atom. The Hall–Kier alpha value is -4.22. The Morgan fingerprint density at radius 3 is 2.43 bits per heavy atom. The second-order valence-corrected chi connectivity index (χ2v) is 8.10. The van der Waals surface area contributed by atoms with Crippen LogP contribution in [0, 0.1) is 12.7 Å². The van der Waals surface area contributed by atoms with Gasteiger partial charge in [-0.1, -0.05) is 24.3 Å². The summed E-state index contributed by atoms with van der Waals surface area (Å²) in [5, 5.41) is 8.97. The standard InChI is InChI=1S/C23H19F4N5O3/c1-13-11-18(32(30-13)17-6-4-3-5-16(17)23(25,26)27)28-19(33)12-31-20(34)22(2,29-21(31)35)14-7-9-15(24)10-8-14/h3-11H,12H2,1-2H3,(H,28,33)(H,29,35). The highest BCUT2D eigenvalue weighted by Crippen LogP contribution is 2.35. The molecule has 182 valence electrons. The number of carbonyl (C=O) groups excluding carboxylic acids is 3. The van der Waals surface area contributed by atoms with Crippen LogP contribution >= 0.6 is 0 Å². The summed E-state index contributed by atoms with van der Waals surface area (Å²) in [5.41, 5.74) is -2.13. The monoisotopic (exact) mass is 489 g/mol. The van der Waals surface area contributed by atoms with Gasteiger partial charge in [0, 0.05) is 6.07 Å². The Balaban J connectivity index is 1.56. The minimum absolute atomic E-state index is 0.0717. The van der Waals surface area contributed by atoms with Crippen LogP contribution in [-0.2, 0) is 21.3 Å². The van der Waals surface area contributed by atoms with Gasteiger partial charge in [0.05, 0.1) is 16.9 Å². The van der Waals surface area contributed by atoms with E-state index >= 15 is 0 Å². The quantitative estimate of drug-likeness (QED) is 0.422. The van der Waals surface area contributed by atoms with Gasteiger partial charge in [0.1, 0.15) is 23.7 Å². The Bertz CT molecular complexity index is 1320. The van der Waals surface area contributed by atoms with Crippen LogP contribution in [0.15, 0.2) is 54.6 Å². The minimum Gasteiger partial charge on any atom is -0.319 e. The number of aryl methyl sites for hydroxylation is 1. The predicted molar refractivity (Wildman–Crippen MR) is 116 cm³/mol. The van der Waals surface area contributed by atoms with E-state index in [9.17, 15) is 31.9 Å². The number of benzene rings is 2. The van der Waals surface area contributed by atoms with E-state index in [-0.39, 0.29) is 11.5 Å². The zero-order valence-electron chi connectivity index (χ0n) is 18.5. The average Bonchev–Trinajstić information content (AvgIpc) is 3.25. The summed E-state index contributed by atoms with van der Waals surface area (Å²) in [6.07, 6.45) is -4.66. The Morgan fingerprint density at radius 2 is 1.77 bits per heavy atom. The van der Waals surface area contributed by atoms with Crippen LogP contribution in [0.25, 0.3) is 5.69 Å². The number of hydrogen-bond acceptors (Lipinski definition) is 4. The predicted octanol–water partition coefficient (Wildman–Crippen LogP) is 3.74. The molecule has 4 rings (SSSR count). The number of anilines is 1. The van der Waals surface area contributed by atoms with E-state index in [2.05, 4.69) is 15.7 Å². The lowest BCUT2D eigenvalue weighted by molar-refractivity contribution is -0.137. The topological polar surface area (TPSA) is 96.3 Å². The Kier molecular flexibility index (Phi) is 5.83. The molecule has 1 unspecified atom stereocenters. The number of urea groups is 1. The zero-order chi connectivity index (χ0) is 25.5. The fraction of sp³-hybridized carbons (Fsp3) is 0.217. The molecule has 0 aliphatic carbocycles. The molecule has 1 aliphatic rings. The molecule has 2 N–H and O–H groups in total. The van der Waals surface area contributed by atoms with Crippen molar-refractivity contribution in [3.63, 3.8) is 0 Å². The molecular weight excluding hydrogens is 470 g/mol. The number of amides is 4. The van der Waals surface area contributed by atoms with Gasteiger partial charge in [-0.2, -0.15) is 18.3 Å². The van der Waals surface area contributed by atoms with E-state index in [0.29, 0.717) is 16.2 Å². The molecule has 1 aromatic heterocycles. The van der Waals surface area contributed by atoms with Gasteiger partial charge in [0.2, 0.25) is 5.91 Å². The normalized spacial score (nSPS) is 18.1. The van der Waals surface area contributed by atoms with Crippen molar-refractivity contribution in [1.82, 2.24) is 20.0 Å². The van der Waals surface area contributed by atoms with Crippen LogP contribution in [0.1, 0.15) is 23.7 Å². The molecule has 0 radical (unpaired) electrons. The zero-order valence-corrected chi connectivity index (χ0v) is 18.5. The first-order valence-electron chi connectivity index (χ1n) is 10.3. The highest BCUT2D eigenvalue weighted by atomic mass is 19.4. The van der Waals surface area contributed by atoms with E-state index < -0.39 is 47.5 Å². The molecule has 2 heterocycles. The summed E-state index contributed by atoms with van der Waals surface area (Å²) in [5.74, 6) is -2.17. The first-order chi connectivity index (χ1) is 16.4. The number of hydrogen-bond donors (Lipinski definition) is 2. The smallest absolute Gasteiger partial charge is 0.319 e. The lowest BCUT2D eigenvalue weighted by Gasteiger charge is -2.22. The third kappa shape index (κ3) is 4.46. The molecule has 3 aromatic rings. The van der Waals surface area contributed by atoms with Crippen molar-refractivity contribution >= 4 is 23.7 Å². The van der Waals surface area contributed by atoms with Crippen molar-refractivity contribution in [1.29, 1.82) is 0 Å². The number of alkyl halides is 3. The molecule has 0 bridgehead atoms. The number of nitrogens with one attached hydrogen (secondary N) is 2. The largest absolute Gasteiger partial charge is 0.418 e. The van der Waals surface area contributed by atoms with Gasteiger partial charge in [-0.05, 0) is 43.7 Å². The molecule has 1 atom stereocenters. The van der Waals surface area contributed by atoms with E-state index in [1.165, 1.54) is 50.2 Å². The lowest BCUT2D eigenvalue weighted by atomic mass is 9.92. The minimum atomic E-state index is -4.66. The molecule has 4 amide bonds. The third-order valence-electron chi connectivity index (χ3n) is 5.53. The first-order valence-corrected chi connectivity index (χ1v) is 10.3. The summed E-state index contributed by atoms with van der Waals surface area (Å²) in [6.45, 7) is 2.26. The number of halogens is 4. The average molecular weight is 489 g/mol. The van der Waals surface area contributed by atoms with Crippen molar-refractivity contribution in [2.24, 2.45) is 0 Å². The molecule has 12 heteroatoms. The molecule has 0 saturated carbocycles. The molecule has 35 heavy (non-hydrogen) atoms. The SMILES string of the molecule is Cc1cc(NC(=O)CN2C(=O)NC(C)(c3ccc(F)cc3)C2=O)n(-c2ccccc2C(F)(F)F)n1. The molecule has 2 aromatic carbocycles. The number of rotatable bonds is 5. The molecule has 1 aliphatic heterocycles. The summed E-state index contributed by atoms with van der Waals surface area (Å²) in [7, 11) is 0. The maximum absolute atomic E-state index is 13.5. The highest BCUT2D eigenvalue weighted by Gasteiger charge is 2.49. The highest BCUT2D eigenvalue weighted by molar-refractivity contribution is 6.10. The summed E-state index contributed by atoms with van der Waals surface area (Å²) in [6, 6.07) is 10.2. The van der Waals surface area contributed by atoms with Crippen LogP contribution < -0.4 is 10.6 Å². The van der Waals surface area contributed by atoms with E-state index in [0.717, 1.165) is 22.9 Å². The lowest BCUT2D eigenvalue weighted by Crippen LogP contribution is -2.42. The van der Waals surface area contributed by atoms with Crippen molar-refractivity contribution in [2.45, 2.75) is 25.6 Å². The fourth-order valence-corrected chi connectivity index (χ4v) is 3.82. The van der Waals surface area contributed by atoms with E-state index in [1.54, 1.807) is 0 Å². The van der Waals surface area contributed by atoms with Crippen LogP contribution in [0.2, 0.25) is 0 Å². The van der Waals surface area contributed by atoms with Crippen LogP contribution in [0.4, 0.5) is 28.2 Å². The molecule has 0 spiro atoms. The van der Waals surface area contributed by atoms with Gasteiger partial charge < -0.3 is 10.6 Å². The van der Waals surface area contributed by atoms with Crippen molar-refractivity contribution in [3.8, 4) is 5.69 Å². The Labute approximate surface area is 196 Å². The summed E-state index contributed by atoms with van der Waals surface area (Å²) in [4.78, 5) is 38.9. The van der Waals surface area contributed by atoms with Crippen molar-refractivity contribution < 1.29 is 31.9 Å². The summed E-state index contributed by atoms with van der Waals surface area (Å²) < 4.78 is 54.7. The molecular formula is C23H19F4N5O3. The van der Waals surface area contributed by atoms with Gasteiger partial charge in [0.25, 0.3) is 5.91 Å². The molecule has 8 nitrogen and oxygen atoms in total. The van der Waals surface area contributed by atoms with Gasteiger partial charge >= 0.3 is 12.2 Å². The van der Waals surface area contributed by atoms with Crippen molar-refractivity contribution in [3.05, 3.63) is 77.2 Å². The first kappa shape index (κ1) is 23.9. The second kappa shape index (κ2) is 8.53. The van der Waals surface area contributed by atoms with Crippen LogP contribution in [-0.4, -0.2) is 39.1 Å². The number of aromatic nitrogens is 2. The summed E-state index contributed by atoms with van der Waals surface area (Å²) >= 11 is 0. The van der Waals surface area contributed by atoms with Crippen molar-refractivity contribution in [2.75, 3.05) is 11.9 Å². The number of carbonyl (C=O) groups is 3. The maximum atomic E-state index is 13.5. The maximum Gasteiger partial charge on any atom is 0.418 e. The number of nitrogens with zero attached hydrogens (tertiary/aromatic N) is 3. The number of para-hydroxylation sites is 1. The van der Waals surface area contributed by atoms with Crippen LogP contribution in [0.3, 0.4) is 0 Å². The number of imide groups is 1. The van der Waals surface area contributed by atoms with Crippen LogP contribution in [0.5, 0.6) is 0 Å². The van der Waals surface area contributed by atoms with E-state index in [1.807, 2.05) is 0 Å². The third-order valence-corrected chi connectivity index (χ3v) is 5.53.